The number of para-hydroxylation sites is 1. The SMILES string of the molecule is c1ccc(-c2c3ccccc3c(-c3ccc4c(ccc5oc6ccccc6c54)c3)c3ccccc23)cc1. The fourth-order valence-corrected chi connectivity index (χ4v) is 6.06. The topological polar surface area (TPSA) is 13.1 Å². The standard InChI is InChI=1S/C36H22O/c1-2-10-23(11-3-1)34-27-12-4-6-14-29(27)35(30-15-7-5-13-28(30)34)25-18-20-26-24(22-25)19-21-33-36(26)31-16-8-9-17-32(31)37-33/h1-22H. The second-order valence-electron chi connectivity index (χ2n) is 9.68. The van der Waals surface area contributed by atoms with Crippen molar-refractivity contribution in [1.82, 2.24) is 0 Å². The highest BCUT2D eigenvalue weighted by atomic mass is 16.3. The van der Waals surface area contributed by atoms with Crippen LogP contribution >= 0.6 is 0 Å². The molecule has 0 fully saturated rings. The molecule has 1 nitrogen and oxygen atoms in total. The van der Waals surface area contributed by atoms with Crippen LogP contribution in [0, 0.1) is 0 Å². The Balaban J connectivity index is 1.47. The molecular formula is C36H22O. The number of hydrogen-bond donors (Lipinski definition) is 0. The summed E-state index contributed by atoms with van der Waals surface area (Å²) in [5, 5.41) is 9.89. The smallest absolute Gasteiger partial charge is 0.136 e. The van der Waals surface area contributed by atoms with Crippen molar-refractivity contribution in [3.8, 4) is 22.3 Å². The third kappa shape index (κ3) is 2.98. The van der Waals surface area contributed by atoms with Gasteiger partial charge >= 0.3 is 0 Å². The largest absolute Gasteiger partial charge is 0.456 e. The van der Waals surface area contributed by atoms with Gasteiger partial charge in [-0.05, 0) is 72.8 Å². The lowest BCUT2D eigenvalue weighted by Crippen LogP contribution is -1.90. The van der Waals surface area contributed by atoms with Crippen LogP contribution in [0.1, 0.15) is 0 Å². The molecule has 0 unspecified atom stereocenters. The maximum Gasteiger partial charge on any atom is 0.136 e. The molecular weight excluding hydrogens is 448 g/mol. The van der Waals surface area contributed by atoms with E-state index in [-0.39, 0.29) is 0 Å². The summed E-state index contributed by atoms with van der Waals surface area (Å²) in [5.41, 5.74) is 6.92. The van der Waals surface area contributed by atoms with Gasteiger partial charge in [-0.25, -0.2) is 0 Å². The second kappa shape index (κ2) is 7.81. The van der Waals surface area contributed by atoms with E-state index in [4.69, 9.17) is 4.42 Å². The zero-order valence-corrected chi connectivity index (χ0v) is 20.1. The predicted octanol–water partition coefficient (Wildman–Crippen LogP) is 10.4. The maximum absolute atomic E-state index is 6.15. The van der Waals surface area contributed by atoms with E-state index in [2.05, 4.69) is 121 Å². The van der Waals surface area contributed by atoms with Crippen molar-refractivity contribution in [3.63, 3.8) is 0 Å². The highest BCUT2D eigenvalue weighted by Crippen LogP contribution is 2.44. The molecule has 0 saturated heterocycles. The minimum Gasteiger partial charge on any atom is -0.456 e. The zero-order chi connectivity index (χ0) is 24.3. The first-order valence-electron chi connectivity index (χ1n) is 12.7. The Morgan fingerprint density at radius 1 is 0.351 bits per heavy atom. The first-order chi connectivity index (χ1) is 18.4. The Kier molecular flexibility index (Phi) is 4.29. The Labute approximate surface area is 214 Å². The van der Waals surface area contributed by atoms with E-state index in [9.17, 15) is 0 Å². The van der Waals surface area contributed by atoms with Crippen molar-refractivity contribution in [2.75, 3.05) is 0 Å². The zero-order valence-electron chi connectivity index (χ0n) is 20.1. The van der Waals surface area contributed by atoms with Crippen LogP contribution < -0.4 is 0 Å². The van der Waals surface area contributed by atoms with Gasteiger partial charge in [-0.15, -0.1) is 0 Å². The van der Waals surface area contributed by atoms with Gasteiger partial charge in [-0.1, -0.05) is 115 Å². The molecule has 1 heterocycles. The van der Waals surface area contributed by atoms with Crippen LogP contribution in [0.4, 0.5) is 0 Å². The van der Waals surface area contributed by atoms with Crippen molar-refractivity contribution < 1.29 is 4.42 Å². The number of hydrogen-bond acceptors (Lipinski definition) is 1. The number of fused-ring (bicyclic) bond motifs is 7. The van der Waals surface area contributed by atoms with Gasteiger partial charge in [-0.2, -0.15) is 0 Å². The van der Waals surface area contributed by atoms with E-state index in [1.54, 1.807) is 0 Å². The number of rotatable bonds is 2. The van der Waals surface area contributed by atoms with Gasteiger partial charge < -0.3 is 4.42 Å². The Morgan fingerprint density at radius 2 is 0.919 bits per heavy atom. The molecule has 8 aromatic rings. The Hall–Kier alpha value is -4.88. The Bertz CT molecular complexity index is 2070. The normalized spacial score (nSPS) is 11.8. The van der Waals surface area contributed by atoms with Gasteiger partial charge in [0.2, 0.25) is 0 Å². The summed E-state index contributed by atoms with van der Waals surface area (Å²) in [6.07, 6.45) is 0. The summed E-state index contributed by atoms with van der Waals surface area (Å²) < 4.78 is 6.15. The first-order valence-corrected chi connectivity index (χ1v) is 12.7. The summed E-state index contributed by atoms with van der Waals surface area (Å²) in [5.74, 6) is 0. The van der Waals surface area contributed by atoms with Crippen molar-refractivity contribution in [3.05, 3.63) is 133 Å². The minimum atomic E-state index is 0.933. The van der Waals surface area contributed by atoms with Crippen LogP contribution in [-0.2, 0) is 0 Å². The van der Waals surface area contributed by atoms with Crippen LogP contribution in [-0.4, -0.2) is 0 Å². The van der Waals surface area contributed by atoms with Crippen LogP contribution in [0.25, 0.3) is 76.5 Å². The molecule has 1 heteroatoms. The fraction of sp³-hybridized carbons (Fsp3) is 0. The molecule has 0 aliphatic rings. The van der Waals surface area contributed by atoms with Gasteiger partial charge in [0.1, 0.15) is 11.2 Å². The molecule has 0 radical (unpaired) electrons. The van der Waals surface area contributed by atoms with E-state index >= 15 is 0 Å². The molecule has 0 saturated carbocycles. The Morgan fingerprint density at radius 3 is 1.59 bits per heavy atom. The molecule has 7 aromatic carbocycles. The van der Waals surface area contributed by atoms with Crippen LogP contribution in [0.2, 0.25) is 0 Å². The van der Waals surface area contributed by atoms with Gasteiger partial charge in [0.25, 0.3) is 0 Å². The average Bonchev–Trinajstić information content (AvgIpc) is 3.35. The minimum absolute atomic E-state index is 0.933. The quantitative estimate of drug-likeness (QED) is 0.229. The average molecular weight is 471 g/mol. The molecule has 37 heavy (non-hydrogen) atoms. The summed E-state index contributed by atoms with van der Waals surface area (Å²) in [6.45, 7) is 0. The molecule has 172 valence electrons. The van der Waals surface area contributed by atoms with Crippen molar-refractivity contribution in [2.45, 2.75) is 0 Å². The highest BCUT2D eigenvalue weighted by Gasteiger charge is 2.17. The van der Waals surface area contributed by atoms with Gasteiger partial charge in [0, 0.05) is 10.8 Å². The lowest BCUT2D eigenvalue weighted by Gasteiger charge is -2.18. The van der Waals surface area contributed by atoms with E-state index in [1.165, 1.54) is 65.3 Å². The summed E-state index contributed by atoms with van der Waals surface area (Å²) in [4.78, 5) is 0. The number of benzene rings is 7. The lowest BCUT2D eigenvalue weighted by molar-refractivity contribution is 0.669. The predicted molar refractivity (Wildman–Crippen MR) is 157 cm³/mol. The summed E-state index contributed by atoms with van der Waals surface area (Å²) in [6, 6.07) is 47.9. The van der Waals surface area contributed by atoms with Gasteiger partial charge in [-0.3, -0.25) is 0 Å². The second-order valence-corrected chi connectivity index (χ2v) is 9.68. The third-order valence-electron chi connectivity index (χ3n) is 7.64. The maximum atomic E-state index is 6.15. The van der Waals surface area contributed by atoms with E-state index < -0.39 is 0 Å². The highest BCUT2D eigenvalue weighted by molar-refractivity contribution is 6.23. The van der Waals surface area contributed by atoms with Gasteiger partial charge in [0.15, 0.2) is 0 Å². The first kappa shape index (κ1) is 20.3. The van der Waals surface area contributed by atoms with Crippen LogP contribution in [0.15, 0.2) is 138 Å². The summed E-state index contributed by atoms with van der Waals surface area (Å²) >= 11 is 0. The molecule has 0 atom stereocenters. The lowest BCUT2D eigenvalue weighted by atomic mass is 9.85. The molecule has 0 amide bonds. The third-order valence-corrected chi connectivity index (χ3v) is 7.64. The van der Waals surface area contributed by atoms with Crippen LogP contribution in [0.5, 0.6) is 0 Å². The van der Waals surface area contributed by atoms with Crippen molar-refractivity contribution in [1.29, 1.82) is 0 Å². The molecule has 0 aliphatic heterocycles. The molecule has 0 spiro atoms. The molecule has 0 N–H and O–H groups in total. The molecule has 1 aromatic heterocycles. The van der Waals surface area contributed by atoms with E-state index in [1.807, 2.05) is 12.1 Å². The van der Waals surface area contributed by atoms with E-state index in [0.717, 1.165) is 11.2 Å². The molecule has 0 bridgehead atoms. The van der Waals surface area contributed by atoms with E-state index in [0.29, 0.717) is 0 Å². The number of furan rings is 1. The summed E-state index contributed by atoms with van der Waals surface area (Å²) in [7, 11) is 0. The monoisotopic (exact) mass is 470 g/mol. The van der Waals surface area contributed by atoms with Crippen molar-refractivity contribution in [2.24, 2.45) is 0 Å². The van der Waals surface area contributed by atoms with Gasteiger partial charge in [0.05, 0.1) is 0 Å². The fourth-order valence-electron chi connectivity index (χ4n) is 6.06. The molecule has 0 aliphatic carbocycles. The van der Waals surface area contributed by atoms with Crippen LogP contribution in [0.3, 0.4) is 0 Å². The van der Waals surface area contributed by atoms with Crippen molar-refractivity contribution >= 4 is 54.3 Å². The molecule has 8 rings (SSSR count).